The minimum atomic E-state index is -0.906. The van der Waals surface area contributed by atoms with Crippen molar-refractivity contribution in [2.45, 2.75) is 32.3 Å². The lowest BCUT2D eigenvalue weighted by Gasteiger charge is -2.21. The molecule has 1 atom stereocenters. The second kappa shape index (κ2) is 12.5. The van der Waals surface area contributed by atoms with E-state index in [1.165, 1.54) is 23.1 Å². The molecule has 0 unspecified atom stereocenters. The van der Waals surface area contributed by atoms with Gasteiger partial charge in [-0.15, -0.1) is 23.1 Å². The highest BCUT2D eigenvalue weighted by molar-refractivity contribution is 8.15. The summed E-state index contributed by atoms with van der Waals surface area (Å²) >= 11 is 2.92. The smallest absolute Gasteiger partial charge is 0.329 e. The van der Waals surface area contributed by atoms with E-state index in [1.807, 2.05) is 85.2 Å². The molecule has 1 N–H and O–H groups in total. The van der Waals surface area contributed by atoms with Crippen LogP contribution in [0, 0.1) is 0 Å². The monoisotopic (exact) mass is 582 g/mol. The summed E-state index contributed by atoms with van der Waals surface area (Å²) in [5, 5.41) is 10.6. The average molecular weight is 583 g/mol. The lowest BCUT2D eigenvalue weighted by Crippen LogP contribution is -2.24. The average Bonchev–Trinajstić information content (AvgIpc) is 3.65. The number of ether oxygens (including phenoxy) is 1. The molecule has 0 fully saturated rings. The Morgan fingerprint density at radius 2 is 1.59 bits per heavy atom. The minimum absolute atomic E-state index is 0.328. The summed E-state index contributed by atoms with van der Waals surface area (Å²) in [7, 11) is 0. The van der Waals surface area contributed by atoms with Gasteiger partial charge < -0.3 is 9.84 Å². The molecule has 1 aliphatic rings. The van der Waals surface area contributed by atoms with Crippen LogP contribution in [0.3, 0.4) is 0 Å². The van der Waals surface area contributed by atoms with E-state index in [0.29, 0.717) is 37.0 Å². The van der Waals surface area contributed by atoms with E-state index in [2.05, 4.69) is 24.8 Å². The number of carbonyl (C=O) groups is 1. The van der Waals surface area contributed by atoms with Crippen molar-refractivity contribution in [3.05, 3.63) is 113 Å². The highest BCUT2D eigenvalue weighted by Crippen LogP contribution is 2.32. The summed E-state index contributed by atoms with van der Waals surface area (Å²) in [6, 6.07) is 22.9. The largest absolute Gasteiger partial charge is 0.487 e. The van der Waals surface area contributed by atoms with Crippen LogP contribution in [-0.2, 0) is 31.0 Å². The number of benzene rings is 1. The Hall–Kier alpha value is -4.19. The molecule has 41 heavy (non-hydrogen) atoms. The fraction of sp³-hybridized carbons (Fsp3) is 0.200. The molecule has 6 rings (SSSR count). The first-order valence-corrected chi connectivity index (χ1v) is 14.8. The van der Waals surface area contributed by atoms with Crippen LogP contribution in [0.25, 0.3) is 10.2 Å². The van der Waals surface area contributed by atoms with E-state index < -0.39 is 12.0 Å². The molecule has 0 saturated heterocycles. The molecule has 0 bridgehead atoms. The number of carboxylic acid groups (broad SMARTS) is 1. The zero-order chi connectivity index (χ0) is 28.0. The van der Waals surface area contributed by atoms with Gasteiger partial charge >= 0.3 is 5.97 Å². The summed E-state index contributed by atoms with van der Waals surface area (Å²) in [4.78, 5) is 36.3. The fourth-order valence-electron chi connectivity index (χ4n) is 4.40. The van der Waals surface area contributed by atoms with Crippen LogP contribution in [0.15, 0.2) is 90.2 Å². The maximum absolute atomic E-state index is 11.2. The summed E-state index contributed by atoms with van der Waals surface area (Å²) in [5.74, 6) is 0.248. The minimum Gasteiger partial charge on any atom is -0.487 e. The van der Waals surface area contributed by atoms with Gasteiger partial charge in [-0.1, -0.05) is 18.2 Å². The third-order valence-electron chi connectivity index (χ3n) is 6.34. The van der Waals surface area contributed by atoms with Gasteiger partial charge in [-0.25, -0.2) is 9.78 Å². The number of thiazole rings is 1. The number of hydrogen-bond donors (Lipinski definition) is 1. The highest BCUT2D eigenvalue weighted by Gasteiger charge is 2.27. The Morgan fingerprint density at radius 3 is 2.27 bits per heavy atom. The van der Waals surface area contributed by atoms with Crippen molar-refractivity contribution in [2.24, 2.45) is 4.99 Å². The van der Waals surface area contributed by atoms with E-state index in [1.54, 1.807) is 0 Å². The number of thioether (sulfide) groups is 1. The van der Waals surface area contributed by atoms with Gasteiger partial charge in [0.25, 0.3) is 0 Å². The molecule has 0 saturated carbocycles. The first-order chi connectivity index (χ1) is 20.1. The summed E-state index contributed by atoms with van der Waals surface area (Å²) in [5.41, 5.74) is 4.59. The van der Waals surface area contributed by atoms with Crippen LogP contribution in [0.1, 0.15) is 27.8 Å². The SMILES string of the molecule is O=C(O)[C@H]1CSC(c2nc3ccc(OCc4cccc(CN(Cc5ccccn5)Cc5ccccn5)n4)cc3s2)=N1. The predicted molar refractivity (Wildman–Crippen MR) is 160 cm³/mol. The van der Waals surface area contributed by atoms with Gasteiger partial charge in [-0.05, 0) is 54.6 Å². The van der Waals surface area contributed by atoms with E-state index in [4.69, 9.17) is 9.72 Å². The zero-order valence-corrected chi connectivity index (χ0v) is 23.6. The number of aliphatic carboxylic acids is 1. The molecule has 5 heterocycles. The quantitative estimate of drug-likeness (QED) is 0.224. The van der Waals surface area contributed by atoms with Crippen molar-refractivity contribution >= 4 is 44.3 Å². The number of carboxylic acids is 1. The van der Waals surface area contributed by atoms with Crippen molar-refractivity contribution < 1.29 is 14.6 Å². The number of fused-ring (bicyclic) bond motifs is 1. The number of hydrogen-bond acceptors (Lipinski definition) is 10. The number of pyridine rings is 3. The van der Waals surface area contributed by atoms with Gasteiger partial charge in [0, 0.05) is 37.8 Å². The lowest BCUT2D eigenvalue weighted by molar-refractivity contribution is -0.137. The first kappa shape index (κ1) is 27.0. The van der Waals surface area contributed by atoms with Crippen molar-refractivity contribution in [1.82, 2.24) is 24.8 Å². The van der Waals surface area contributed by atoms with Crippen LogP contribution < -0.4 is 4.74 Å². The van der Waals surface area contributed by atoms with Crippen LogP contribution in [0.2, 0.25) is 0 Å². The molecule has 11 heteroatoms. The first-order valence-electron chi connectivity index (χ1n) is 13.0. The summed E-state index contributed by atoms with van der Waals surface area (Å²) in [6.07, 6.45) is 3.62. The molecule has 0 spiro atoms. The number of nitrogens with zero attached hydrogens (tertiary/aromatic N) is 6. The van der Waals surface area contributed by atoms with Crippen molar-refractivity contribution in [3.8, 4) is 5.75 Å². The molecule has 206 valence electrons. The molecular formula is C30H26N6O3S2. The highest BCUT2D eigenvalue weighted by atomic mass is 32.2. The molecular weight excluding hydrogens is 557 g/mol. The molecule has 5 aromatic rings. The Labute approximate surface area is 245 Å². The normalized spacial score (nSPS) is 14.9. The van der Waals surface area contributed by atoms with Gasteiger partial charge in [-0.2, -0.15) is 0 Å². The maximum Gasteiger partial charge on any atom is 0.329 e. The molecule has 1 aromatic carbocycles. The third-order valence-corrected chi connectivity index (χ3v) is 8.55. The Balaban J connectivity index is 1.13. The summed E-state index contributed by atoms with van der Waals surface area (Å²) < 4.78 is 7.06. The van der Waals surface area contributed by atoms with Crippen molar-refractivity contribution in [1.29, 1.82) is 0 Å². The van der Waals surface area contributed by atoms with Gasteiger partial charge in [0.1, 0.15) is 22.4 Å². The molecule has 0 aliphatic carbocycles. The van der Waals surface area contributed by atoms with Crippen molar-refractivity contribution in [3.63, 3.8) is 0 Å². The number of aromatic nitrogens is 4. The standard InChI is InChI=1S/C30H26N6O3S2/c37-30(38)26-19-40-28(35-26)29-34-25-11-10-24(14-27(25)41-29)39-18-23-9-5-8-22(33-23)17-36(15-20-6-1-3-12-31-20)16-21-7-2-4-13-32-21/h1-14,26H,15-19H2,(H,37,38)/t26-/m1/s1. The second-order valence-corrected chi connectivity index (χ2v) is 11.5. The van der Waals surface area contributed by atoms with Crippen LogP contribution >= 0.6 is 23.1 Å². The molecule has 0 radical (unpaired) electrons. The molecule has 9 nitrogen and oxygen atoms in total. The van der Waals surface area contributed by atoms with Gasteiger partial charge in [-0.3, -0.25) is 24.8 Å². The van der Waals surface area contributed by atoms with Gasteiger partial charge in [0.05, 0.1) is 33.0 Å². The Bertz CT molecular complexity index is 1640. The predicted octanol–water partition coefficient (Wildman–Crippen LogP) is 5.21. The third kappa shape index (κ3) is 6.94. The van der Waals surface area contributed by atoms with E-state index in [0.717, 1.165) is 43.7 Å². The summed E-state index contributed by atoms with van der Waals surface area (Å²) in [6.45, 7) is 2.33. The van der Waals surface area contributed by atoms with E-state index >= 15 is 0 Å². The lowest BCUT2D eigenvalue weighted by atomic mass is 10.2. The number of rotatable bonds is 11. The Kier molecular flexibility index (Phi) is 8.26. The number of aliphatic imine (C=N–C) groups is 1. The maximum atomic E-state index is 11.2. The fourth-order valence-corrected chi connectivity index (χ4v) is 6.49. The van der Waals surface area contributed by atoms with Crippen LogP contribution in [0.5, 0.6) is 5.75 Å². The van der Waals surface area contributed by atoms with Gasteiger partial charge in [0.2, 0.25) is 0 Å². The zero-order valence-electron chi connectivity index (χ0n) is 22.0. The van der Waals surface area contributed by atoms with Crippen LogP contribution in [0.4, 0.5) is 0 Å². The van der Waals surface area contributed by atoms with Crippen LogP contribution in [-0.4, -0.2) is 52.8 Å². The topological polar surface area (TPSA) is 114 Å². The molecule has 4 aromatic heterocycles. The van der Waals surface area contributed by atoms with E-state index in [9.17, 15) is 9.90 Å². The second-order valence-electron chi connectivity index (χ2n) is 9.44. The van der Waals surface area contributed by atoms with E-state index in [-0.39, 0.29) is 0 Å². The molecule has 0 amide bonds. The Morgan fingerprint density at radius 1 is 0.878 bits per heavy atom. The van der Waals surface area contributed by atoms with Crippen molar-refractivity contribution in [2.75, 3.05) is 5.75 Å². The molecule has 1 aliphatic heterocycles. The van der Waals surface area contributed by atoms with Gasteiger partial charge in [0.15, 0.2) is 6.04 Å².